The van der Waals surface area contributed by atoms with Crippen molar-refractivity contribution in [2.24, 2.45) is 0 Å². The molecule has 1 aliphatic carbocycles. The maximum Gasteiger partial charge on any atom is 0.269 e. The predicted octanol–water partition coefficient (Wildman–Crippen LogP) is 5.64. The summed E-state index contributed by atoms with van der Waals surface area (Å²) in [5.74, 6) is -0.895. The van der Waals surface area contributed by atoms with Crippen molar-refractivity contribution in [1.82, 2.24) is 5.32 Å². The second-order valence-electron chi connectivity index (χ2n) is 7.93. The maximum absolute atomic E-state index is 13.6. The average Bonchev–Trinajstić information content (AvgIpc) is 3.47. The van der Waals surface area contributed by atoms with Crippen LogP contribution < -0.4 is 10.2 Å². The average molecular weight is 437 g/mol. The summed E-state index contributed by atoms with van der Waals surface area (Å²) >= 11 is 1.32. The first-order chi connectivity index (χ1) is 15.0. The van der Waals surface area contributed by atoms with Crippen LogP contribution in [0.2, 0.25) is 0 Å². The number of nitrogens with one attached hydrogen (secondary N) is 1. The van der Waals surface area contributed by atoms with Crippen molar-refractivity contribution in [3.63, 3.8) is 0 Å². The van der Waals surface area contributed by atoms with Crippen LogP contribution in [0.25, 0.3) is 0 Å². The lowest BCUT2D eigenvalue weighted by Crippen LogP contribution is -2.46. The van der Waals surface area contributed by atoms with Crippen molar-refractivity contribution in [2.75, 3.05) is 4.90 Å². The van der Waals surface area contributed by atoms with Crippen molar-refractivity contribution in [2.45, 2.75) is 44.7 Å². The number of hydrogen-bond acceptors (Lipinski definition) is 3. The molecule has 0 radical (unpaired) electrons. The summed E-state index contributed by atoms with van der Waals surface area (Å²) in [5.41, 5.74) is 2.26. The fourth-order valence-electron chi connectivity index (χ4n) is 4.02. The highest BCUT2D eigenvalue weighted by Crippen LogP contribution is 2.32. The van der Waals surface area contributed by atoms with Gasteiger partial charge in [-0.2, -0.15) is 0 Å². The van der Waals surface area contributed by atoms with Crippen LogP contribution in [0.1, 0.15) is 52.5 Å². The third kappa shape index (κ3) is 4.85. The Morgan fingerprint density at radius 3 is 2.32 bits per heavy atom. The van der Waals surface area contributed by atoms with Gasteiger partial charge in [-0.25, -0.2) is 4.39 Å². The molecule has 1 N–H and O–H groups in total. The van der Waals surface area contributed by atoms with E-state index in [9.17, 15) is 14.0 Å². The summed E-state index contributed by atoms with van der Waals surface area (Å²) in [4.78, 5) is 29.2. The van der Waals surface area contributed by atoms with E-state index in [0.717, 1.165) is 36.8 Å². The summed E-state index contributed by atoms with van der Waals surface area (Å²) in [6.07, 6.45) is 4.08. The SMILES string of the molecule is Cc1ccc([C@@H](C(=O)NC2CCCC2)N(C(=O)c2cccs2)c2ccc(F)cc2)cc1. The standard InChI is InChI=1S/C25H25FN2O2S/c1-17-8-10-18(11-9-17)23(24(29)27-20-5-2-3-6-20)28(21-14-12-19(26)13-15-21)25(30)22-7-4-16-31-22/h4,7-16,20,23H,2-3,5-6H2,1H3,(H,27,29)/t23-/m0/s1. The molecule has 1 heterocycles. The van der Waals surface area contributed by atoms with E-state index in [0.29, 0.717) is 10.6 Å². The highest BCUT2D eigenvalue weighted by molar-refractivity contribution is 7.12. The highest BCUT2D eigenvalue weighted by atomic mass is 32.1. The van der Waals surface area contributed by atoms with Crippen molar-refractivity contribution in [3.05, 3.63) is 87.9 Å². The van der Waals surface area contributed by atoms with Gasteiger partial charge in [0.2, 0.25) is 5.91 Å². The summed E-state index contributed by atoms with van der Waals surface area (Å²) in [7, 11) is 0. The highest BCUT2D eigenvalue weighted by Gasteiger charge is 2.35. The van der Waals surface area contributed by atoms with E-state index in [1.807, 2.05) is 36.6 Å². The molecule has 0 saturated heterocycles. The van der Waals surface area contributed by atoms with Crippen LogP contribution in [0.3, 0.4) is 0 Å². The molecule has 31 heavy (non-hydrogen) atoms. The van der Waals surface area contributed by atoms with E-state index in [-0.39, 0.29) is 17.9 Å². The van der Waals surface area contributed by atoms with Crippen molar-refractivity contribution < 1.29 is 14.0 Å². The van der Waals surface area contributed by atoms with Gasteiger partial charge in [-0.15, -0.1) is 11.3 Å². The number of rotatable bonds is 6. The molecule has 1 aliphatic rings. The second kappa shape index (κ2) is 9.43. The molecular weight excluding hydrogens is 411 g/mol. The Labute approximate surface area is 185 Å². The van der Waals surface area contributed by atoms with Crippen LogP contribution in [0, 0.1) is 12.7 Å². The third-order valence-electron chi connectivity index (χ3n) is 5.66. The zero-order valence-corrected chi connectivity index (χ0v) is 18.2. The first kappa shape index (κ1) is 21.2. The summed E-state index contributed by atoms with van der Waals surface area (Å²) in [5, 5.41) is 4.98. The minimum absolute atomic E-state index is 0.118. The van der Waals surface area contributed by atoms with Crippen LogP contribution >= 0.6 is 11.3 Å². The molecule has 6 heteroatoms. The molecule has 0 bridgehead atoms. The van der Waals surface area contributed by atoms with E-state index in [4.69, 9.17) is 0 Å². The lowest BCUT2D eigenvalue weighted by atomic mass is 10.0. The first-order valence-corrected chi connectivity index (χ1v) is 11.4. The predicted molar refractivity (Wildman–Crippen MR) is 122 cm³/mol. The van der Waals surface area contributed by atoms with Gasteiger partial charge in [-0.3, -0.25) is 14.5 Å². The lowest BCUT2D eigenvalue weighted by molar-refractivity contribution is -0.123. The van der Waals surface area contributed by atoms with Crippen LogP contribution in [0.15, 0.2) is 66.0 Å². The fraction of sp³-hybridized carbons (Fsp3) is 0.280. The van der Waals surface area contributed by atoms with Crippen LogP contribution in [-0.2, 0) is 4.79 Å². The van der Waals surface area contributed by atoms with Crippen molar-refractivity contribution in [1.29, 1.82) is 0 Å². The molecule has 4 nitrogen and oxygen atoms in total. The second-order valence-corrected chi connectivity index (χ2v) is 8.88. The molecule has 1 atom stereocenters. The molecular formula is C25H25FN2O2S. The quantitative estimate of drug-likeness (QED) is 0.543. The van der Waals surface area contributed by atoms with Gasteiger partial charge in [0, 0.05) is 11.7 Å². The minimum Gasteiger partial charge on any atom is -0.351 e. The van der Waals surface area contributed by atoms with Gasteiger partial charge < -0.3 is 5.32 Å². The van der Waals surface area contributed by atoms with Crippen molar-refractivity contribution in [3.8, 4) is 0 Å². The van der Waals surface area contributed by atoms with Gasteiger partial charge in [-0.05, 0) is 61.0 Å². The first-order valence-electron chi connectivity index (χ1n) is 10.5. The molecule has 2 amide bonds. The minimum atomic E-state index is -0.860. The molecule has 4 rings (SSSR count). The number of anilines is 1. The van der Waals surface area contributed by atoms with Gasteiger partial charge in [0.15, 0.2) is 0 Å². The van der Waals surface area contributed by atoms with E-state index >= 15 is 0 Å². The Hall–Kier alpha value is -2.99. The van der Waals surface area contributed by atoms with E-state index < -0.39 is 11.9 Å². The normalized spacial score (nSPS) is 14.9. The lowest BCUT2D eigenvalue weighted by Gasteiger charge is -2.32. The van der Waals surface area contributed by atoms with Crippen molar-refractivity contribution >= 4 is 28.8 Å². The molecule has 3 aromatic rings. The molecule has 1 fully saturated rings. The van der Waals surface area contributed by atoms with Crippen LogP contribution in [0.5, 0.6) is 0 Å². The van der Waals surface area contributed by atoms with Gasteiger partial charge in [-0.1, -0.05) is 48.7 Å². The van der Waals surface area contributed by atoms with E-state index in [1.54, 1.807) is 24.3 Å². The topological polar surface area (TPSA) is 49.4 Å². The number of carbonyl (C=O) groups excluding carboxylic acids is 2. The summed E-state index contributed by atoms with van der Waals surface area (Å²) < 4.78 is 13.6. The Morgan fingerprint density at radius 2 is 1.71 bits per heavy atom. The number of benzene rings is 2. The number of halogens is 1. The zero-order chi connectivity index (χ0) is 21.8. The maximum atomic E-state index is 13.6. The number of hydrogen-bond donors (Lipinski definition) is 1. The van der Waals surface area contributed by atoms with E-state index in [1.165, 1.54) is 28.4 Å². The largest absolute Gasteiger partial charge is 0.351 e. The molecule has 160 valence electrons. The van der Waals surface area contributed by atoms with E-state index in [2.05, 4.69) is 5.32 Å². The molecule has 1 aromatic heterocycles. The molecule has 0 spiro atoms. The Morgan fingerprint density at radius 1 is 1.03 bits per heavy atom. The summed E-state index contributed by atoms with van der Waals surface area (Å²) in [6, 6.07) is 16.1. The Balaban J connectivity index is 1.79. The molecule has 2 aromatic carbocycles. The Bertz CT molecular complexity index is 1030. The zero-order valence-electron chi connectivity index (χ0n) is 17.4. The Kier molecular flexibility index (Phi) is 6.47. The van der Waals surface area contributed by atoms with Gasteiger partial charge in [0.1, 0.15) is 11.9 Å². The molecule has 1 saturated carbocycles. The third-order valence-corrected chi connectivity index (χ3v) is 6.51. The van der Waals surface area contributed by atoms with Crippen LogP contribution in [0.4, 0.5) is 10.1 Å². The number of carbonyl (C=O) groups is 2. The van der Waals surface area contributed by atoms with Crippen LogP contribution in [-0.4, -0.2) is 17.9 Å². The summed E-state index contributed by atoms with van der Waals surface area (Å²) in [6.45, 7) is 1.98. The fourth-order valence-corrected chi connectivity index (χ4v) is 4.68. The molecule has 0 unspecified atom stereocenters. The van der Waals surface area contributed by atoms with Gasteiger partial charge >= 0.3 is 0 Å². The number of aryl methyl sites for hydroxylation is 1. The van der Waals surface area contributed by atoms with Gasteiger partial charge in [0.05, 0.1) is 4.88 Å². The monoisotopic (exact) mass is 436 g/mol. The number of nitrogens with zero attached hydrogens (tertiary/aromatic N) is 1. The number of thiophene rings is 1. The smallest absolute Gasteiger partial charge is 0.269 e. The van der Waals surface area contributed by atoms with Gasteiger partial charge in [0.25, 0.3) is 5.91 Å². The molecule has 0 aliphatic heterocycles. The number of amides is 2.